The maximum atomic E-state index is 13.9. The van der Waals surface area contributed by atoms with Crippen LogP contribution in [0.4, 0.5) is 4.39 Å². The van der Waals surface area contributed by atoms with Gasteiger partial charge in [0.25, 0.3) is 0 Å². The predicted octanol–water partition coefficient (Wildman–Crippen LogP) is 2.85. The van der Waals surface area contributed by atoms with Gasteiger partial charge >= 0.3 is 0 Å². The largest absolute Gasteiger partial charge is 0.312 e. The topological polar surface area (TPSA) is 15.3 Å². The Morgan fingerprint density at radius 1 is 1.32 bits per heavy atom. The fraction of sp³-hybridized carbons (Fsp3) is 0.625. The lowest BCUT2D eigenvalue weighted by Gasteiger charge is -2.29. The Hall–Kier alpha value is -0.930. The minimum Gasteiger partial charge on any atom is -0.312 e. The van der Waals surface area contributed by atoms with Gasteiger partial charge in [0.1, 0.15) is 5.82 Å². The van der Waals surface area contributed by atoms with Crippen LogP contribution in [0.2, 0.25) is 0 Å². The Bertz CT molecular complexity index is 440. The molecule has 2 aliphatic heterocycles. The Morgan fingerprint density at radius 2 is 2.21 bits per heavy atom. The van der Waals surface area contributed by atoms with Gasteiger partial charge in [0.15, 0.2) is 0 Å². The van der Waals surface area contributed by atoms with Crippen molar-refractivity contribution in [3.63, 3.8) is 0 Å². The third-order valence-corrected chi connectivity index (χ3v) is 4.55. The Labute approximate surface area is 115 Å². The molecular formula is C16H23FN2. The Kier molecular flexibility index (Phi) is 3.85. The molecule has 1 aromatic carbocycles. The zero-order chi connectivity index (χ0) is 13.2. The van der Waals surface area contributed by atoms with E-state index in [-0.39, 0.29) is 5.82 Å². The summed E-state index contributed by atoms with van der Waals surface area (Å²) < 4.78 is 13.9. The van der Waals surface area contributed by atoms with E-state index in [4.69, 9.17) is 0 Å². The van der Waals surface area contributed by atoms with E-state index in [0.29, 0.717) is 12.1 Å². The fourth-order valence-electron chi connectivity index (χ4n) is 3.59. The molecule has 1 N–H and O–H groups in total. The maximum absolute atomic E-state index is 13.9. The summed E-state index contributed by atoms with van der Waals surface area (Å²) in [5, 5.41) is 3.60. The second kappa shape index (κ2) is 5.59. The molecule has 3 heteroatoms. The van der Waals surface area contributed by atoms with Crippen molar-refractivity contribution in [3.8, 4) is 0 Å². The number of benzene rings is 1. The van der Waals surface area contributed by atoms with E-state index in [1.165, 1.54) is 25.7 Å². The minimum absolute atomic E-state index is 0.0596. The normalized spacial score (nSPS) is 28.1. The first kappa shape index (κ1) is 13.1. The summed E-state index contributed by atoms with van der Waals surface area (Å²) in [5.74, 6) is -0.0596. The summed E-state index contributed by atoms with van der Waals surface area (Å²) in [7, 11) is 0. The highest BCUT2D eigenvalue weighted by Crippen LogP contribution is 2.27. The number of likely N-dealkylation sites (tertiary alicyclic amines) is 1. The van der Waals surface area contributed by atoms with Crippen LogP contribution in [0.3, 0.4) is 0 Å². The lowest BCUT2D eigenvalue weighted by atomic mass is 10.0. The Balaban J connectivity index is 1.72. The molecule has 2 atom stereocenters. The number of nitrogens with zero attached hydrogens (tertiary/aromatic N) is 1. The van der Waals surface area contributed by atoms with Gasteiger partial charge in [-0.2, -0.15) is 0 Å². The molecule has 2 heterocycles. The number of hydrogen-bond donors (Lipinski definition) is 1. The van der Waals surface area contributed by atoms with Gasteiger partial charge in [-0.3, -0.25) is 4.90 Å². The lowest BCUT2D eigenvalue weighted by molar-refractivity contribution is 0.204. The van der Waals surface area contributed by atoms with Crippen LogP contribution < -0.4 is 5.32 Å². The van der Waals surface area contributed by atoms with Crippen molar-refractivity contribution in [1.29, 1.82) is 0 Å². The van der Waals surface area contributed by atoms with Crippen LogP contribution >= 0.6 is 0 Å². The lowest BCUT2D eigenvalue weighted by Crippen LogP contribution is -2.43. The molecule has 19 heavy (non-hydrogen) atoms. The van der Waals surface area contributed by atoms with Crippen LogP contribution in [-0.4, -0.2) is 30.1 Å². The molecule has 0 saturated carbocycles. The number of nitrogens with one attached hydrogen (secondary N) is 1. The Morgan fingerprint density at radius 3 is 3.00 bits per heavy atom. The van der Waals surface area contributed by atoms with Crippen LogP contribution in [0, 0.1) is 12.7 Å². The van der Waals surface area contributed by atoms with Crippen molar-refractivity contribution in [1.82, 2.24) is 10.2 Å². The first-order valence-corrected chi connectivity index (χ1v) is 7.46. The molecule has 2 unspecified atom stereocenters. The van der Waals surface area contributed by atoms with Crippen molar-refractivity contribution in [2.24, 2.45) is 0 Å². The number of aryl methyl sites for hydroxylation is 1. The highest BCUT2D eigenvalue weighted by Gasteiger charge is 2.33. The van der Waals surface area contributed by atoms with Gasteiger partial charge in [-0.1, -0.05) is 17.7 Å². The molecule has 2 fully saturated rings. The summed E-state index contributed by atoms with van der Waals surface area (Å²) in [6.07, 6.45) is 5.06. The fourth-order valence-corrected chi connectivity index (χ4v) is 3.59. The number of rotatable bonds is 3. The van der Waals surface area contributed by atoms with Gasteiger partial charge in [-0.15, -0.1) is 0 Å². The first-order chi connectivity index (χ1) is 9.24. The summed E-state index contributed by atoms with van der Waals surface area (Å²) in [6.45, 7) is 5.04. The van der Waals surface area contributed by atoms with E-state index in [0.717, 1.165) is 30.8 Å². The predicted molar refractivity (Wildman–Crippen MR) is 75.6 cm³/mol. The minimum atomic E-state index is -0.0596. The molecule has 2 saturated heterocycles. The van der Waals surface area contributed by atoms with Gasteiger partial charge in [-0.05, 0) is 51.8 Å². The zero-order valence-corrected chi connectivity index (χ0v) is 11.7. The third-order valence-electron chi connectivity index (χ3n) is 4.55. The average molecular weight is 262 g/mol. The zero-order valence-electron chi connectivity index (χ0n) is 11.7. The molecule has 0 radical (unpaired) electrons. The molecule has 1 aromatic rings. The highest BCUT2D eigenvalue weighted by molar-refractivity contribution is 5.24. The number of hydrogen-bond acceptors (Lipinski definition) is 2. The van der Waals surface area contributed by atoms with Crippen LogP contribution in [0.1, 0.15) is 36.8 Å². The van der Waals surface area contributed by atoms with Crippen molar-refractivity contribution in [2.45, 2.75) is 51.2 Å². The van der Waals surface area contributed by atoms with E-state index >= 15 is 0 Å². The average Bonchev–Trinajstić information content (AvgIpc) is 3.03. The van der Waals surface area contributed by atoms with Gasteiger partial charge in [0.05, 0.1) is 0 Å². The summed E-state index contributed by atoms with van der Waals surface area (Å²) in [4.78, 5) is 2.47. The third kappa shape index (κ3) is 2.82. The SMILES string of the molecule is Cc1ccc(F)c(CN2CCCC2C2CCCN2)c1. The van der Waals surface area contributed by atoms with E-state index in [1.54, 1.807) is 6.07 Å². The molecule has 2 nitrogen and oxygen atoms in total. The summed E-state index contributed by atoms with van der Waals surface area (Å²) in [6, 6.07) is 6.66. The van der Waals surface area contributed by atoms with E-state index in [2.05, 4.69) is 10.2 Å². The van der Waals surface area contributed by atoms with Gasteiger partial charge in [0.2, 0.25) is 0 Å². The van der Waals surface area contributed by atoms with Gasteiger partial charge in [0, 0.05) is 24.2 Å². The van der Waals surface area contributed by atoms with E-state index in [9.17, 15) is 4.39 Å². The standard InChI is InChI=1S/C16H23FN2/c1-12-6-7-14(17)13(10-12)11-19-9-3-5-16(19)15-4-2-8-18-15/h6-7,10,15-16,18H,2-5,8-9,11H2,1H3. The van der Waals surface area contributed by atoms with Crippen molar-refractivity contribution >= 4 is 0 Å². The van der Waals surface area contributed by atoms with E-state index in [1.807, 2.05) is 19.1 Å². The molecule has 104 valence electrons. The molecule has 0 bridgehead atoms. The smallest absolute Gasteiger partial charge is 0.127 e. The molecule has 2 aliphatic rings. The monoisotopic (exact) mass is 262 g/mol. The van der Waals surface area contributed by atoms with Crippen molar-refractivity contribution < 1.29 is 4.39 Å². The van der Waals surface area contributed by atoms with Gasteiger partial charge < -0.3 is 5.32 Å². The molecule has 3 rings (SSSR count). The summed E-state index contributed by atoms with van der Waals surface area (Å²) in [5.41, 5.74) is 2.00. The summed E-state index contributed by atoms with van der Waals surface area (Å²) >= 11 is 0. The van der Waals surface area contributed by atoms with Crippen LogP contribution in [-0.2, 0) is 6.54 Å². The molecule has 0 aliphatic carbocycles. The van der Waals surface area contributed by atoms with Crippen molar-refractivity contribution in [2.75, 3.05) is 13.1 Å². The quantitative estimate of drug-likeness (QED) is 0.901. The van der Waals surface area contributed by atoms with Crippen LogP contribution in [0.25, 0.3) is 0 Å². The van der Waals surface area contributed by atoms with Crippen LogP contribution in [0.5, 0.6) is 0 Å². The molecule has 0 amide bonds. The first-order valence-electron chi connectivity index (χ1n) is 7.46. The van der Waals surface area contributed by atoms with Crippen molar-refractivity contribution in [3.05, 3.63) is 35.1 Å². The molecule has 0 spiro atoms. The second-order valence-corrected chi connectivity index (χ2v) is 5.98. The van der Waals surface area contributed by atoms with Crippen LogP contribution in [0.15, 0.2) is 18.2 Å². The second-order valence-electron chi connectivity index (χ2n) is 5.98. The van der Waals surface area contributed by atoms with Gasteiger partial charge in [-0.25, -0.2) is 4.39 Å². The molecular weight excluding hydrogens is 239 g/mol. The maximum Gasteiger partial charge on any atom is 0.127 e. The highest BCUT2D eigenvalue weighted by atomic mass is 19.1. The molecule has 0 aromatic heterocycles. The van der Waals surface area contributed by atoms with E-state index < -0.39 is 0 Å². The number of halogens is 1.